The van der Waals surface area contributed by atoms with Gasteiger partial charge in [0.2, 0.25) is 0 Å². The largest absolute Gasteiger partial charge is 0.478 e. The molecule has 0 aliphatic heterocycles. The van der Waals surface area contributed by atoms with Crippen LogP contribution in [0.3, 0.4) is 0 Å². The molecule has 2 aromatic rings. The van der Waals surface area contributed by atoms with Gasteiger partial charge in [0.05, 0.1) is 12.1 Å². The summed E-state index contributed by atoms with van der Waals surface area (Å²) in [6, 6.07) is 1.49. The number of carbonyl (C=O) groups is 2. The molecule has 128 valence electrons. The number of carboxylic acid groups (broad SMARTS) is 1. The van der Waals surface area contributed by atoms with Crippen molar-refractivity contribution in [3.63, 3.8) is 0 Å². The highest BCUT2D eigenvalue weighted by atomic mass is 32.1. The van der Waals surface area contributed by atoms with Gasteiger partial charge in [0, 0.05) is 17.3 Å². The highest BCUT2D eigenvalue weighted by molar-refractivity contribution is 7.10. The van der Waals surface area contributed by atoms with Crippen LogP contribution >= 0.6 is 11.3 Å². The Morgan fingerprint density at radius 2 is 2.17 bits per heavy atom. The van der Waals surface area contributed by atoms with Gasteiger partial charge in [-0.2, -0.15) is 0 Å². The molecule has 2 aromatic heterocycles. The Morgan fingerprint density at radius 3 is 2.83 bits per heavy atom. The van der Waals surface area contributed by atoms with E-state index in [-0.39, 0.29) is 18.0 Å². The third kappa shape index (κ3) is 3.11. The Bertz CT molecular complexity index is 789. The van der Waals surface area contributed by atoms with Crippen molar-refractivity contribution in [2.24, 2.45) is 5.92 Å². The van der Waals surface area contributed by atoms with Crippen molar-refractivity contribution in [2.45, 2.75) is 39.7 Å². The SMILES string of the molecule is Cc1oc(CN(C)C(=O)c2csc3c2CCC(C)C3)cc1C(=O)O. The van der Waals surface area contributed by atoms with Gasteiger partial charge in [0.15, 0.2) is 0 Å². The van der Waals surface area contributed by atoms with Crippen LogP contribution in [0.1, 0.15) is 56.0 Å². The molecule has 0 fully saturated rings. The zero-order valence-electron chi connectivity index (χ0n) is 14.1. The van der Waals surface area contributed by atoms with Crippen LogP contribution in [-0.4, -0.2) is 28.9 Å². The summed E-state index contributed by atoms with van der Waals surface area (Å²) in [6.45, 7) is 4.12. The standard InChI is InChI=1S/C18H21NO4S/c1-10-4-5-13-15(9-24-16(13)6-10)17(20)19(3)8-12-7-14(18(21)22)11(2)23-12/h7,9-10H,4-6,8H2,1-3H3,(H,21,22). The maximum absolute atomic E-state index is 12.8. The molecule has 5 nitrogen and oxygen atoms in total. The Morgan fingerprint density at radius 1 is 1.42 bits per heavy atom. The molecule has 1 unspecified atom stereocenters. The minimum Gasteiger partial charge on any atom is -0.478 e. The quantitative estimate of drug-likeness (QED) is 0.914. The summed E-state index contributed by atoms with van der Waals surface area (Å²) < 4.78 is 5.47. The number of hydrogen-bond acceptors (Lipinski definition) is 4. The first kappa shape index (κ1) is 16.8. The second-order valence-corrected chi connectivity index (χ2v) is 7.51. The van der Waals surface area contributed by atoms with Gasteiger partial charge in [-0.05, 0) is 43.7 Å². The van der Waals surface area contributed by atoms with Gasteiger partial charge in [0.1, 0.15) is 17.1 Å². The number of nitrogens with zero attached hydrogens (tertiary/aromatic N) is 1. The number of hydrogen-bond donors (Lipinski definition) is 1. The number of aromatic carboxylic acids is 1. The van der Waals surface area contributed by atoms with Gasteiger partial charge in [-0.1, -0.05) is 6.92 Å². The lowest BCUT2D eigenvalue weighted by molar-refractivity contribution is 0.0694. The van der Waals surface area contributed by atoms with E-state index in [0.29, 0.717) is 17.4 Å². The van der Waals surface area contributed by atoms with Gasteiger partial charge >= 0.3 is 5.97 Å². The average Bonchev–Trinajstić information content (AvgIpc) is 3.09. The average molecular weight is 347 g/mol. The van der Waals surface area contributed by atoms with Crippen LogP contribution in [-0.2, 0) is 19.4 Å². The molecular formula is C18H21NO4S. The topological polar surface area (TPSA) is 70.8 Å². The summed E-state index contributed by atoms with van der Waals surface area (Å²) in [4.78, 5) is 26.8. The maximum Gasteiger partial charge on any atom is 0.339 e. The summed E-state index contributed by atoms with van der Waals surface area (Å²) >= 11 is 1.67. The normalized spacial score (nSPS) is 16.7. The van der Waals surface area contributed by atoms with Crippen LogP contribution in [0, 0.1) is 12.8 Å². The van der Waals surface area contributed by atoms with Crippen molar-refractivity contribution in [2.75, 3.05) is 7.05 Å². The summed E-state index contributed by atoms with van der Waals surface area (Å²) in [5.74, 6) is 0.474. The zero-order chi connectivity index (χ0) is 17.4. The minimum absolute atomic E-state index is 0.0343. The van der Waals surface area contributed by atoms with Crippen LogP contribution in [0.4, 0.5) is 0 Å². The van der Waals surface area contributed by atoms with Crippen LogP contribution in [0.15, 0.2) is 15.9 Å². The summed E-state index contributed by atoms with van der Waals surface area (Å²) in [6.07, 6.45) is 3.13. The Balaban J connectivity index is 1.76. The van der Waals surface area contributed by atoms with Crippen molar-refractivity contribution in [1.82, 2.24) is 4.90 Å². The second kappa shape index (κ2) is 6.43. The molecule has 0 spiro atoms. The fourth-order valence-corrected chi connectivity index (χ4v) is 4.44. The van der Waals surface area contributed by atoms with Crippen molar-refractivity contribution in [3.05, 3.63) is 44.5 Å². The highest BCUT2D eigenvalue weighted by Gasteiger charge is 2.25. The molecule has 0 saturated heterocycles. The monoisotopic (exact) mass is 347 g/mol. The van der Waals surface area contributed by atoms with Crippen LogP contribution < -0.4 is 0 Å². The molecule has 3 rings (SSSR count). The number of carbonyl (C=O) groups excluding carboxylic acids is 1. The van der Waals surface area contributed by atoms with E-state index in [0.717, 1.165) is 24.8 Å². The summed E-state index contributed by atoms with van der Waals surface area (Å²) in [5, 5.41) is 11.0. The Kier molecular flexibility index (Phi) is 4.49. The molecule has 0 aromatic carbocycles. The van der Waals surface area contributed by atoms with Gasteiger partial charge in [-0.25, -0.2) is 4.79 Å². The second-order valence-electron chi connectivity index (χ2n) is 6.55. The first-order chi connectivity index (χ1) is 11.4. The van der Waals surface area contributed by atoms with Crippen molar-refractivity contribution >= 4 is 23.2 Å². The predicted molar refractivity (Wildman–Crippen MR) is 91.7 cm³/mol. The van der Waals surface area contributed by atoms with Gasteiger partial charge < -0.3 is 14.4 Å². The van der Waals surface area contributed by atoms with Gasteiger partial charge in [-0.15, -0.1) is 11.3 Å². The number of carboxylic acids is 1. The molecule has 6 heteroatoms. The van der Waals surface area contributed by atoms with E-state index in [1.54, 1.807) is 30.2 Å². The third-order valence-corrected chi connectivity index (χ3v) is 5.62. The van der Waals surface area contributed by atoms with E-state index >= 15 is 0 Å². The van der Waals surface area contributed by atoms with Crippen molar-refractivity contribution < 1.29 is 19.1 Å². The van der Waals surface area contributed by atoms with E-state index in [1.807, 2.05) is 5.38 Å². The first-order valence-corrected chi connectivity index (χ1v) is 8.92. The van der Waals surface area contributed by atoms with E-state index in [9.17, 15) is 9.59 Å². The Hall–Kier alpha value is -2.08. The molecular weight excluding hydrogens is 326 g/mol. The molecule has 2 heterocycles. The molecule has 0 bridgehead atoms. The van der Waals surface area contributed by atoms with Crippen molar-refractivity contribution in [3.8, 4) is 0 Å². The van der Waals surface area contributed by atoms with Gasteiger partial charge in [0.25, 0.3) is 5.91 Å². The molecule has 1 N–H and O–H groups in total. The lowest BCUT2D eigenvalue weighted by atomic mass is 9.88. The first-order valence-electron chi connectivity index (χ1n) is 8.04. The smallest absolute Gasteiger partial charge is 0.339 e. The van der Waals surface area contributed by atoms with E-state index in [2.05, 4.69) is 6.92 Å². The van der Waals surface area contributed by atoms with Crippen LogP contribution in [0.2, 0.25) is 0 Å². The molecule has 24 heavy (non-hydrogen) atoms. The van der Waals surface area contributed by atoms with Crippen molar-refractivity contribution in [1.29, 1.82) is 0 Å². The number of rotatable bonds is 4. The number of aryl methyl sites for hydroxylation is 1. The maximum atomic E-state index is 12.8. The lowest BCUT2D eigenvalue weighted by Crippen LogP contribution is -2.27. The van der Waals surface area contributed by atoms with E-state index in [1.165, 1.54) is 16.5 Å². The lowest BCUT2D eigenvalue weighted by Gasteiger charge is -2.21. The molecule has 1 aliphatic rings. The molecule has 1 amide bonds. The molecule has 0 radical (unpaired) electrons. The fraction of sp³-hybridized carbons (Fsp3) is 0.444. The Labute approximate surface area is 144 Å². The fourth-order valence-electron chi connectivity index (χ4n) is 3.20. The molecule has 0 saturated carbocycles. The number of thiophene rings is 1. The van der Waals surface area contributed by atoms with Crippen LogP contribution in [0.5, 0.6) is 0 Å². The number of amides is 1. The number of fused-ring (bicyclic) bond motifs is 1. The summed E-state index contributed by atoms with van der Waals surface area (Å²) in [7, 11) is 1.72. The molecule has 1 atom stereocenters. The highest BCUT2D eigenvalue weighted by Crippen LogP contribution is 2.33. The predicted octanol–water partition coefficient (Wildman–Crippen LogP) is 3.74. The third-order valence-electron chi connectivity index (χ3n) is 4.57. The van der Waals surface area contributed by atoms with Crippen LogP contribution in [0.25, 0.3) is 0 Å². The number of furan rings is 1. The van der Waals surface area contributed by atoms with E-state index < -0.39 is 5.97 Å². The van der Waals surface area contributed by atoms with E-state index in [4.69, 9.17) is 9.52 Å². The zero-order valence-corrected chi connectivity index (χ0v) is 14.9. The minimum atomic E-state index is -1.02. The summed E-state index contributed by atoms with van der Waals surface area (Å²) in [5.41, 5.74) is 2.12. The van der Waals surface area contributed by atoms with Gasteiger partial charge in [-0.3, -0.25) is 4.79 Å². The molecule has 1 aliphatic carbocycles.